The van der Waals surface area contributed by atoms with Crippen LogP contribution < -0.4 is 0 Å². The highest BCUT2D eigenvalue weighted by atomic mass is 35.5. The molecule has 1 spiro atoms. The molecule has 2 saturated heterocycles. The van der Waals surface area contributed by atoms with Crippen LogP contribution in [-0.2, 0) is 14.3 Å². The van der Waals surface area contributed by atoms with E-state index in [1.54, 1.807) is 36.3 Å². The summed E-state index contributed by atoms with van der Waals surface area (Å²) in [6, 6.07) is 6.86. The summed E-state index contributed by atoms with van der Waals surface area (Å²) in [5, 5.41) is 10.8. The number of carbonyl (C=O) groups excluding carboxylic acids is 2. The fourth-order valence-corrected chi connectivity index (χ4v) is 4.36. The van der Waals surface area contributed by atoms with Crippen molar-refractivity contribution in [3.63, 3.8) is 0 Å². The number of amides is 2. The quantitative estimate of drug-likeness (QED) is 0.751. The van der Waals surface area contributed by atoms with Gasteiger partial charge >= 0.3 is 0 Å². The third kappa shape index (κ3) is 4.45. The van der Waals surface area contributed by atoms with Gasteiger partial charge in [0.2, 0.25) is 5.91 Å². The van der Waals surface area contributed by atoms with Crippen LogP contribution in [0.25, 0.3) is 0 Å². The zero-order chi connectivity index (χ0) is 19.4. The van der Waals surface area contributed by atoms with Crippen molar-refractivity contribution in [3.05, 3.63) is 34.9 Å². The molecule has 2 aliphatic heterocycles. The van der Waals surface area contributed by atoms with Crippen LogP contribution in [-0.4, -0.2) is 66.6 Å². The normalized spacial score (nSPS) is 20.3. The lowest BCUT2D eigenvalue weighted by atomic mass is 9.77. The van der Waals surface area contributed by atoms with E-state index in [1.165, 1.54) is 0 Å². The zero-order valence-electron chi connectivity index (χ0n) is 15.7. The molecule has 0 aromatic heterocycles. The van der Waals surface area contributed by atoms with Crippen LogP contribution in [0.4, 0.5) is 0 Å². The van der Waals surface area contributed by atoms with Crippen LogP contribution in [0.3, 0.4) is 0 Å². The highest BCUT2D eigenvalue weighted by molar-refractivity contribution is 6.31. The Morgan fingerprint density at radius 3 is 2.70 bits per heavy atom. The number of hydrogen-bond donors (Lipinski definition) is 1. The largest absolute Gasteiger partial charge is 0.385 e. The maximum absolute atomic E-state index is 12.7. The number of aliphatic hydroxyl groups is 1. The van der Waals surface area contributed by atoms with Gasteiger partial charge in [0.25, 0.3) is 5.91 Å². The third-order valence-corrected chi connectivity index (χ3v) is 6.10. The lowest BCUT2D eigenvalue weighted by Gasteiger charge is -2.39. The molecule has 0 aliphatic carbocycles. The van der Waals surface area contributed by atoms with E-state index in [4.69, 9.17) is 16.3 Å². The maximum atomic E-state index is 12.7. The van der Waals surface area contributed by atoms with Gasteiger partial charge in [-0.25, -0.2) is 0 Å². The fourth-order valence-electron chi connectivity index (χ4n) is 4.12. The van der Waals surface area contributed by atoms with Crippen LogP contribution >= 0.6 is 11.6 Å². The van der Waals surface area contributed by atoms with E-state index in [9.17, 15) is 14.7 Å². The molecule has 1 aromatic rings. The van der Waals surface area contributed by atoms with Crippen LogP contribution in [0.5, 0.6) is 0 Å². The minimum Gasteiger partial charge on any atom is -0.385 e. The molecule has 1 N–H and O–H groups in total. The molecule has 7 heteroatoms. The molecule has 27 heavy (non-hydrogen) atoms. The highest BCUT2D eigenvalue weighted by Crippen LogP contribution is 2.41. The molecule has 2 heterocycles. The molecule has 1 atom stereocenters. The number of likely N-dealkylation sites (tertiary alicyclic amines) is 2. The molecular weight excluding hydrogens is 368 g/mol. The van der Waals surface area contributed by atoms with E-state index >= 15 is 0 Å². The van der Waals surface area contributed by atoms with Crippen molar-refractivity contribution in [2.24, 2.45) is 5.41 Å². The number of benzene rings is 1. The first-order valence-corrected chi connectivity index (χ1v) is 9.81. The van der Waals surface area contributed by atoms with Gasteiger partial charge in [-0.3, -0.25) is 9.59 Å². The average molecular weight is 395 g/mol. The summed E-state index contributed by atoms with van der Waals surface area (Å²) in [6.45, 7) is 3.24. The fraction of sp³-hybridized carbons (Fsp3) is 0.600. The number of aliphatic hydroxyl groups excluding tert-OH is 1. The molecule has 2 fully saturated rings. The summed E-state index contributed by atoms with van der Waals surface area (Å²) in [5.41, 5.74) is 0.390. The van der Waals surface area contributed by atoms with Crippen molar-refractivity contribution in [2.75, 3.05) is 39.9 Å². The Morgan fingerprint density at radius 2 is 2.04 bits per heavy atom. The third-order valence-electron chi connectivity index (χ3n) is 5.75. The van der Waals surface area contributed by atoms with Gasteiger partial charge < -0.3 is 19.6 Å². The van der Waals surface area contributed by atoms with E-state index < -0.39 is 6.10 Å². The van der Waals surface area contributed by atoms with Crippen LogP contribution in [0.2, 0.25) is 5.02 Å². The smallest absolute Gasteiger partial charge is 0.256 e. The van der Waals surface area contributed by atoms with Crippen molar-refractivity contribution in [1.29, 1.82) is 0 Å². The van der Waals surface area contributed by atoms with E-state index in [2.05, 4.69) is 0 Å². The minimum atomic E-state index is -1.25. The van der Waals surface area contributed by atoms with Crippen molar-refractivity contribution >= 4 is 23.4 Å². The second kappa shape index (κ2) is 8.59. The van der Waals surface area contributed by atoms with Gasteiger partial charge in [-0.2, -0.15) is 0 Å². The molecule has 6 nitrogen and oxygen atoms in total. The number of piperidine rings is 1. The molecule has 0 radical (unpaired) electrons. The molecule has 2 amide bonds. The van der Waals surface area contributed by atoms with Crippen molar-refractivity contribution in [1.82, 2.24) is 9.80 Å². The Labute approximate surface area is 165 Å². The summed E-state index contributed by atoms with van der Waals surface area (Å²) in [6.07, 6.45) is 1.70. The van der Waals surface area contributed by atoms with E-state index in [0.717, 1.165) is 32.4 Å². The van der Waals surface area contributed by atoms with Gasteiger partial charge in [0.1, 0.15) is 0 Å². The monoisotopic (exact) mass is 394 g/mol. The first kappa shape index (κ1) is 20.1. The molecular formula is C20H27ClN2O4. The van der Waals surface area contributed by atoms with Crippen molar-refractivity contribution in [3.8, 4) is 0 Å². The molecule has 0 bridgehead atoms. The van der Waals surface area contributed by atoms with E-state index in [1.807, 2.05) is 4.90 Å². The Morgan fingerprint density at radius 1 is 1.33 bits per heavy atom. The number of methoxy groups -OCH3 is 1. The SMILES string of the molecule is COCCCN1CC2(CCN(C(=O)[C@H](O)c3ccccc3Cl)CC2)CC1=O. The molecule has 1 aromatic carbocycles. The summed E-state index contributed by atoms with van der Waals surface area (Å²) < 4.78 is 5.07. The number of hydrogen-bond acceptors (Lipinski definition) is 4. The van der Waals surface area contributed by atoms with Gasteiger partial charge in [-0.15, -0.1) is 0 Å². The van der Waals surface area contributed by atoms with Gasteiger partial charge in [-0.1, -0.05) is 29.8 Å². The lowest BCUT2D eigenvalue weighted by molar-refractivity contribution is -0.142. The van der Waals surface area contributed by atoms with E-state index in [-0.39, 0.29) is 17.2 Å². The average Bonchev–Trinajstić information content (AvgIpc) is 2.97. The van der Waals surface area contributed by atoms with Crippen LogP contribution in [0.15, 0.2) is 24.3 Å². The number of carbonyl (C=O) groups is 2. The zero-order valence-corrected chi connectivity index (χ0v) is 16.5. The van der Waals surface area contributed by atoms with Gasteiger partial charge in [0.05, 0.1) is 0 Å². The number of halogens is 1. The molecule has 2 aliphatic rings. The standard InChI is InChI=1S/C20H27ClN2O4/c1-27-12-4-9-23-14-20(13-17(23)24)7-10-22(11-8-20)19(26)18(25)15-5-2-3-6-16(15)21/h2-3,5-6,18,25H,4,7-14H2,1H3/t18-/m1/s1. The summed E-state index contributed by atoms with van der Waals surface area (Å²) >= 11 is 6.10. The highest BCUT2D eigenvalue weighted by Gasteiger charge is 2.45. The Hall–Kier alpha value is -1.63. The van der Waals surface area contributed by atoms with Crippen molar-refractivity contribution in [2.45, 2.75) is 31.8 Å². The predicted molar refractivity (Wildman–Crippen MR) is 102 cm³/mol. The molecule has 0 unspecified atom stereocenters. The first-order chi connectivity index (χ1) is 13.0. The second-order valence-corrected chi connectivity index (χ2v) is 7.99. The number of nitrogens with zero attached hydrogens (tertiary/aromatic N) is 2. The van der Waals surface area contributed by atoms with Gasteiger partial charge in [0.15, 0.2) is 6.10 Å². The van der Waals surface area contributed by atoms with Gasteiger partial charge in [0, 0.05) is 62.3 Å². The first-order valence-electron chi connectivity index (χ1n) is 9.44. The Kier molecular flexibility index (Phi) is 6.40. The van der Waals surface area contributed by atoms with Gasteiger partial charge in [-0.05, 0) is 25.3 Å². The topological polar surface area (TPSA) is 70.1 Å². The summed E-state index contributed by atoms with van der Waals surface area (Å²) in [4.78, 5) is 28.6. The maximum Gasteiger partial charge on any atom is 0.256 e. The molecule has 148 valence electrons. The summed E-state index contributed by atoms with van der Waals surface area (Å²) in [7, 11) is 1.66. The molecule has 3 rings (SSSR count). The van der Waals surface area contributed by atoms with Crippen LogP contribution in [0.1, 0.15) is 37.4 Å². The lowest BCUT2D eigenvalue weighted by Crippen LogP contribution is -2.46. The number of rotatable bonds is 6. The molecule has 0 saturated carbocycles. The predicted octanol–water partition coefficient (Wildman–Crippen LogP) is 2.25. The van der Waals surface area contributed by atoms with Crippen molar-refractivity contribution < 1.29 is 19.4 Å². The minimum absolute atomic E-state index is 0.0454. The Balaban J connectivity index is 1.56. The van der Waals surface area contributed by atoms with Crippen LogP contribution in [0, 0.1) is 5.41 Å². The second-order valence-electron chi connectivity index (χ2n) is 7.59. The summed E-state index contributed by atoms with van der Waals surface area (Å²) in [5.74, 6) is -0.124. The Bertz CT molecular complexity index is 688. The number of ether oxygens (including phenoxy) is 1. The van der Waals surface area contributed by atoms with E-state index in [0.29, 0.717) is 36.7 Å².